The minimum absolute atomic E-state index is 0.232. The van der Waals surface area contributed by atoms with Crippen LogP contribution in [-0.4, -0.2) is 53.4 Å². The van der Waals surface area contributed by atoms with Gasteiger partial charge in [0.25, 0.3) is 0 Å². The summed E-state index contributed by atoms with van der Waals surface area (Å²) in [6.07, 6.45) is 0. The zero-order valence-electron chi connectivity index (χ0n) is 14.4. The molecular formula is C18H21N3O5. The molecule has 0 N–H and O–H groups in total. The number of nitrogens with zero attached hydrogens (tertiary/aromatic N) is 3. The van der Waals surface area contributed by atoms with Crippen LogP contribution in [0.15, 0.2) is 46.9 Å². The molecular weight excluding hydrogens is 338 g/mol. The number of carbonyl (C=O) groups is 1. The molecule has 0 saturated carbocycles. The maximum Gasteiger partial charge on any atom is 0.433 e. The molecule has 1 aliphatic heterocycles. The van der Waals surface area contributed by atoms with E-state index in [1.54, 1.807) is 6.07 Å². The Morgan fingerprint density at radius 3 is 2.42 bits per heavy atom. The Morgan fingerprint density at radius 1 is 1.08 bits per heavy atom. The molecule has 1 fully saturated rings. The van der Waals surface area contributed by atoms with Crippen LogP contribution in [0.2, 0.25) is 0 Å². The van der Waals surface area contributed by atoms with Crippen molar-refractivity contribution in [2.45, 2.75) is 13.2 Å². The van der Waals surface area contributed by atoms with Gasteiger partial charge in [-0.15, -0.1) is 0 Å². The van der Waals surface area contributed by atoms with Gasteiger partial charge in [-0.05, 0) is 11.6 Å². The molecule has 0 atom stereocenters. The number of furan rings is 1. The van der Waals surface area contributed by atoms with Crippen molar-refractivity contribution in [3.05, 3.63) is 63.9 Å². The fraction of sp³-hybridized carbons (Fsp3) is 0.389. The van der Waals surface area contributed by atoms with Crippen LogP contribution in [0.25, 0.3) is 0 Å². The summed E-state index contributed by atoms with van der Waals surface area (Å²) in [6, 6.07) is 12.6. The Labute approximate surface area is 151 Å². The number of benzene rings is 1. The summed E-state index contributed by atoms with van der Waals surface area (Å²) in [7, 11) is 0. The molecule has 0 radical (unpaired) electrons. The molecule has 0 bridgehead atoms. The van der Waals surface area contributed by atoms with E-state index in [-0.39, 0.29) is 25.0 Å². The standard InChI is InChI=1S/C18H21N3O5/c22-18(25-14-15-4-2-1-3-5-15)13-20-10-8-19(9-11-20)12-16-6-7-17(26-16)21(23)24/h1-7H,8-14H2. The Kier molecular flexibility index (Phi) is 5.98. The first-order chi connectivity index (χ1) is 12.6. The Balaban J connectivity index is 1.37. The largest absolute Gasteiger partial charge is 0.460 e. The third-order valence-electron chi connectivity index (χ3n) is 4.27. The number of nitro groups is 1. The molecule has 138 valence electrons. The van der Waals surface area contributed by atoms with Crippen LogP contribution in [0.3, 0.4) is 0 Å². The third-order valence-corrected chi connectivity index (χ3v) is 4.27. The molecule has 0 amide bonds. The van der Waals surface area contributed by atoms with E-state index in [2.05, 4.69) is 9.80 Å². The van der Waals surface area contributed by atoms with Crippen LogP contribution < -0.4 is 0 Å². The lowest BCUT2D eigenvalue weighted by molar-refractivity contribution is -0.402. The number of rotatable bonds is 7. The first-order valence-corrected chi connectivity index (χ1v) is 8.47. The summed E-state index contributed by atoms with van der Waals surface area (Å²) in [5, 5.41) is 10.6. The quantitative estimate of drug-likeness (QED) is 0.425. The van der Waals surface area contributed by atoms with E-state index in [1.165, 1.54) is 6.07 Å². The molecule has 8 heteroatoms. The highest BCUT2D eigenvalue weighted by Gasteiger charge is 2.21. The molecule has 8 nitrogen and oxygen atoms in total. The summed E-state index contributed by atoms with van der Waals surface area (Å²) in [4.78, 5) is 26.3. The Morgan fingerprint density at radius 2 is 1.77 bits per heavy atom. The van der Waals surface area contributed by atoms with E-state index in [0.29, 0.717) is 12.3 Å². The Hall–Kier alpha value is -2.71. The van der Waals surface area contributed by atoms with Gasteiger partial charge in [-0.25, -0.2) is 0 Å². The average Bonchev–Trinajstić information content (AvgIpc) is 3.11. The summed E-state index contributed by atoms with van der Waals surface area (Å²) < 4.78 is 10.5. The SMILES string of the molecule is O=C(CN1CCN(Cc2ccc([N+](=O)[O-])o2)CC1)OCc1ccccc1. The first-order valence-electron chi connectivity index (χ1n) is 8.47. The fourth-order valence-electron chi connectivity index (χ4n) is 2.84. The van der Waals surface area contributed by atoms with E-state index >= 15 is 0 Å². The summed E-state index contributed by atoms with van der Waals surface area (Å²) >= 11 is 0. The predicted octanol–water partition coefficient (Wildman–Crippen LogP) is 2.05. The van der Waals surface area contributed by atoms with Crippen molar-refractivity contribution < 1.29 is 18.9 Å². The van der Waals surface area contributed by atoms with E-state index in [4.69, 9.17) is 9.15 Å². The second-order valence-electron chi connectivity index (χ2n) is 6.20. The van der Waals surface area contributed by atoms with Crippen LogP contribution in [0, 0.1) is 10.1 Å². The number of ether oxygens (including phenoxy) is 1. The summed E-state index contributed by atoms with van der Waals surface area (Å²) in [5.41, 5.74) is 0.971. The molecule has 3 rings (SSSR count). The lowest BCUT2D eigenvalue weighted by Crippen LogP contribution is -2.47. The van der Waals surface area contributed by atoms with Crippen molar-refractivity contribution in [1.82, 2.24) is 9.80 Å². The third kappa shape index (κ3) is 5.14. The van der Waals surface area contributed by atoms with Gasteiger partial charge in [0.1, 0.15) is 17.3 Å². The van der Waals surface area contributed by atoms with Crippen molar-refractivity contribution in [1.29, 1.82) is 0 Å². The van der Waals surface area contributed by atoms with Gasteiger partial charge in [0.05, 0.1) is 19.2 Å². The average molecular weight is 359 g/mol. The van der Waals surface area contributed by atoms with Gasteiger partial charge in [-0.2, -0.15) is 0 Å². The van der Waals surface area contributed by atoms with Crippen LogP contribution in [0.1, 0.15) is 11.3 Å². The minimum atomic E-state index is -0.539. The van der Waals surface area contributed by atoms with Gasteiger partial charge >= 0.3 is 11.9 Å². The van der Waals surface area contributed by atoms with Gasteiger partial charge in [0.2, 0.25) is 0 Å². The zero-order valence-corrected chi connectivity index (χ0v) is 14.4. The zero-order chi connectivity index (χ0) is 18.4. The van der Waals surface area contributed by atoms with Crippen molar-refractivity contribution in [2.24, 2.45) is 0 Å². The number of esters is 1. The molecule has 0 aliphatic carbocycles. The van der Waals surface area contributed by atoms with E-state index < -0.39 is 4.92 Å². The minimum Gasteiger partial charge on any atom is -0.460 e. The van der Waals surface area contributed by atoms with Gasteiger partial charge in [0, 0.05) is 26.2 Å². The molecule has 1 aromatic carbocycles. The molecule has 0 unspecified atom stereocenters. The smallest absolute Gasteiger partial charge is 0.433 e. The topological polar surface area (TPSA) is 89.1 Å². The second-order valence-corrected chi connectivity index (χ2v) is 6.20. The van der Waals surface area contributed by atoms with E-state index in [1.807, 2.05) is 30.3 Å². The van der Waals surface area contributed by atoms with E-state index in [0.717, 1.165) is 31.7 Å². The predicted molar refractivity (Wildman–Crippen MR) is 93.3 cm³/mol. The lowest BCUT2D eigenvalue weighted by Gasteiger charge is -2.33. The maximum atomic E-state index is 12.0. The molecule has 1 aromatic heterocycles. The Bertz CT molecular complexity index is 738. The normalized spacial score (nSPS) is 15.7. The molecule has 0 spiro atoms. The van der Waals surface area contributed by atoms with Crippen molar-refractivity contribution in [2.75, 3.05) is 32.7 Å². The van der Waals surface area contributed by atoms with Crippen LogP contribution in [0.5, 0.6) is 0 Å². The van der Waals surface area contributed by atoms with Crippen molar-refractivity contribution in [3.63, 3.8) is 0 Å². The summed E-state index contributed by atoms with van der Waals surface area (Å²) in [5.74, 6) is 0.108. The van der Waals surface area contributed by atoms with Crippen LogP contribution >= 0.6 is 0 Å². The fourth-order valence-corrected chi connectivity index (χ4v) is 2.84. The van der Waals surface area contributed by atoms with Gasteiger partial charge in [-0.3, -0.25) is 24.7 Å². The molecule has 2 aromatic rings. The van der Waals surface area contributed by atoms with Gasteiger partial charge < -0.3 is 9.15 Å². The van der Waals surface area contributed by atoms with Crippen molar-refractivity contribution in [3.8, 4) is 0 Å². The number of carbonyl (C=O) groups excluding carboxylic acids is 1. The van der Waals surface area contributed by atoms with Crippen molar-refractivity contribution >= 4 is 11.9 Å². The second kappa shape index (κ2) is 8.59. The molecule has 1 aliphatic rings. The molecule has 26 heavy (non-hydrogen) atoms. The highest BCUT2D eigenvalue weighted by molar-refractivity contribution is 5.71. The lowest BCUT2D eigenvalue weighted by atomic mass is 10.2. The first kappa shape index (κ1) is 18.1. The monoisotopic (exact) mass is 359 g/mol. The summed E-state index contributed by atoms with van der Waals surface area (Å²) in [6.45, 7) is 4.09. The number of hydrogen-bond donors (Lipinski definition) is 0. The van der Waals surface area contributed by atoms with Crippen LogP contribution in [-0.2, 0) is 22.7 Å². The van der Waals surface area contributed by atoms with Gasteiger partial charge in [0.15, 0.2) is 0 Å². The maximum absolute atomic E-state index is 12.0. The van der Waals surface area contributed by atoms with E-state index in [9.17, 15) is 14.9 Å². The molecule has 2 heterocycles. The van der Waals surface area contributed by atoms with Crippen LogP contribution in [0.4, 0.5) is 5.88 Å². The number of hydrogen-bond acceptors (Lipinski definition) is 7. The highest BCUT2D eigenvalue weighted by atomic mass is 16.6. The number of piperazine rings is 1. The highest BCUT2D eigenvalue weighted by Crippen LogP contribution is 2.17. The van der Waals surface area contributed by atoms with Gasteiger partial charge in [-0.1, -0.05) is 30.3 Å². The molecule has 1 saturated heterocycles.